The molecule has 0 radical (unpaired) electrons. The number of aryl methyl sites for hydroxylation is 2. The number of rotatable bonds is 10. The molecule has 31 heavy (non-hydrogen) atoms. The minimum Gasteiger partial charge on any atom is -0.490 e. The molecule has 166 valence electrons. The van der Waals surface area contributed by atoms with Crippen molar-refractivity contribution in [2.75, 3.05) is 13.7 Å². The van der Waals surface area contributed by atoms with Gasteiger partial charge in [0, 0.05) is 6.42 Å². The first-order valence-electron chi connectivity index (χ1n) is 10.9. The largest absolute Gasteiger partial charge is 0.490 e. The maximum atomic E-state index is 6.38. The fraction of sp³-hybridized carbons (Fsp3) is 0.423. The monoisotopic (exact) mass is 423 g/mol. The fourth-order valence-corrected chi connectivity index (χ4v) is 3.77. The van der Waals surface area contributed by atoms with Crippen molar-refractivity contribution in [1.29, 1.82) is 0 Å². The lowest BCUT2D eigenvalue weighted by molar-refractivity contribution is 0.0377. The molecule has 2 unspecified atom stereocenters. The zero-order valence-electron chi connectivity index (χ0n) is 19.0. The van der Waals surface area contributed by atoms with Crippen molar-refractivity contribution in [2.24, 2.45) is 5.16 Å². The molecule has 1 saturated carbocycles. The SMILES string of the molecule is C/C=C/COc1cc(C)c(OC2CCC(OCc3ccc(/C=N/OC)cc3)C2)c(C)c1. The number of hydrogen-bond acceptors (Lipinski definition) is 5. The normalized spacial score (nSPS) is 18.7. The lowest BCUT2D eigenvalue weighted by atomic mass is 10.1. The molecule has 1 aliphatic rings. The third kappa shape index (κ3) is 6.86. The van der Waals surface area contributed by atoms with E-state index in [0.29, 0.717) is 13.2 Å². The van der Waals surface area contributed by atoms with E-state index in [4.69, 9.17) is 19.0 Å². The van der Waals surface area contributed by atoms with Gasteiger partial charge in [0.2, 0.25) is 0 Å². The van der Waals surface area contributed by atoms with Gasteiger partial charge in [-0.2, -0.15) is 0 Å². The van der Waals surface area contributed by atoms with Crippen LogP contribution in [0.25, 0.3) is 0 Å². The highest BCUT2D eigenvalue weighted by Gasteiger charge is 2.27. The van der Waals surface area contributed by atoms with Gasteiger partial charge >= 0.3 is 0 Å². The highest BCUT2D eigenvalue weighted by molar-refractivity contribution is 5.79. The third-order valence-corrected chi connectivity index (χ3v) is 5.41. The van der Waals surface area contributed by atoms with Gasteiger partial charge in [0.25, 0.3) is 0 Å². The lowest BCUT2D eigenvalue weighted by Crippen LogP contribution is -2.16. The van der Waals surface area contributed by atoms with Crippen LogP contribution >= 0.6 is 0 Å². The van der Waals surface area contributed by atoms with Crippen LogP contribution in [0.3, 0.4) is 0 Å². The van der Waals surface area contributed by atoms with Crippen LogP contribution in [0.1, 0.15) is 48.4 Å². The Hall–Kier alpha value is -2.79. The Labute approximate surface area is 185 Å². The van der Waals surface area contributed by atoms with E-state index in [1.165, 1.54) is 7.11 Å². The van der Waals surface area contributed by atoms with Crippen LogP contribution in [0.4, 0.5) is 0 Å². The van der Waals surface area contributed by atoms with Gasteiger partial charge in [0.05, 0.1) is 18.9 Å². The molecule has 0 heterocycles. The molecule has 5 nitrogen and oxygen atoms in total. The van der Waals surface area contributed by atoms with E-state index in [1.54, 1.807) is 6.21 Å². The van der Waals surface area contributed by atoms with Crippen LogP contribution < -0.4 is 9.47 Å². The molecule has 2 aromatic carbocycles. The summed E-state index contributed by atoms with van der Waals surface area (Å²) in [4.78, 5) is 4.71. The van der Waals surface area contributed by atoms with E-state index in [1.807, 2.05) is 31.2 Å². The van der Waals surface area contributed by atoms with E-state index < -0.39 is 0 Å². The molecule has 5 heteroatoms. The number of nitrogens with zero attached hydrogens (tertiary/aromatic N) is 1. The van der Waals surface area contributed by atoms with Gasteiger partial charge in [-0.3, -0.25) is 0 Å². The van der Waals surface area contributed by atoms with Crippen molar-refractivity contribution in [1.82, 2.24) is 0 Å². The van der Waals surface area contributed by atoms with Crippen molar-refractivity contribution in [3.05, 3.63) is 70.8 Å². The summed E-state index contributed by atoms with van der Waals surface area (Å²) >= 11 is 0. The van der Waals surface area contributed by atoms with Gasteiger partial charge in [0.15, 0.2) is 0 Å². The number of allylic oxidation sites excluding steroid dienone is 1. The molecule has 1 fully saturated rings. The molecule has 0 N–H and O–H groups in total. The highest BCUT2D eigenvalue weighted by Crippen LogP contribution is 2.33. The first-order valence-corrected chi connectivity index (χ1v) is 10.9. The van der Waals surface area contributed by atoms with Crippen molar-refractivity contribution in [2.45, 2.75) is 58.8 Å². The van der Waals surface area contributed by atoms with Crippen LogP contribution in [0, 0.1) is 13.8 Å². The summed E-state index contributed by atoms with van der Waals surface area (Å²) in [6.45, 7) is 7.34. The Morgan fingerprint density at radius 2 is 1.74 bits per heavy atom. The summed E-state index contributed by atoms with van der Waals surface area (Å²) in [6, 6.07) is 12.3. The third-order valence-electron chi connectivity index (χ3n) is 5.41. The molecule has 0 spiro atoms. The first kappa shape index (κ1) is 22.9. The molecular weight excluding hydrogens is 390 g/mol. The Bertz CT molecular complexity index is 866. The number of benzene rings is 2. The van der Waals surface area contributed by atoms with Crippen LogP contribution in [0.5, 0.6) is 11.5 Å². The molecule has 0 bridgehead atoms. The summed E-state index contributed by atoms with van der Waals surface area (Å²) < 4.78 is 18.3. The molecule has 0 aliphatic heterocycles. The van der Waals surface area contributed by atoms with Crippen LogP contribution in [0.2, 0.25) is 0 Å². The Balaban J connectivity index is 1.49. The predicted octanol–water partition coefficient (Wildman–Crippen LogP) is 5.76. The molecular formula is C26H33NO4. The Kier molecular flexibility index (Phi) is 8.53. The smallest absolute Gasteiger partial charge is 0.125 e. The van der Waals surface area contributed by atoms with E-state index in [2.05, 4.69) is 43.3 Å². The van der Waals surface area contributed by atoms with Crippen LogP contribution in [-0.2, 0) is 16.2 Å². The number of ether oxygens (including phenoxy) is 3. The van der Waals surface area contributed by atoms with Gasteiger partial charge in [-0.25, -0.2) is 0 Å². The molecule has 0 aromatic heterocycles. The number of hydrogen-bond donors (Lipinski definition) is 0. The molecule has 0 saturated heterocycles. The standard InChI is InChI=1S/C26H33NO4/c1-5-6-13-29-25-14-19(2)26(20(3)15-25)31-24-12-11-23(16-24)30-18-22-9-7-21(8-10-22)17-27-28-4/h5-10,14-15,17,23-24H,11-13,16,18H2,1-4H3/b6-5+,27-17+. The average molecular weight is 424 g/mol. The van der Waals surface area contributed by atoms with Crippen molar-refractivity contribution in [3.8, 4) is 11.5 Å². The Morgan fingerprint density at radius 1 is 1.03 bits per heavy atom. The molecule has 3 rings (SSSR count). The summed E-state index contributed by atoms with van der Waals surface area (Å²) in [5.74, 6) is 1.85. The molecule has 0 amide bonds. The zero-order valence-corrected chi connectivity index (χ0v) is 19.0. The average Bonchev–Trinajstić information content (AvgIpc) is 3.22. The molecule has 2 atom stereocenters. The minimum atomic E-state index is 0.185. The summed E-state index contributed by atoms with van der Waals surface area (Å²) in [6.07, 6.45) is 9.03. The van der Waals surface area contributed by atoms with Gasteiger partial charge in [-0.15, -0.1) is 0 Å². The minimum absolute atomic E-state index is 0.185. The van der Waals surface area contributed by atoms with Crippen LogP contribution in [0.15, 0.2) is 53.7 Å². The quantitative estimate of drug-likeness (QED) is 0.277. The molecule has 1 aliphatic carbocycles. The highest BCUT2D eigenvalue weighted by atomic mass is 16.6. The van der Waals surface area contributed by atoms with E-state index >= 15 is 0 Å². The predicted molar refractivity (Wildman–Crippen MR) is 124 cm³/mol. The lowest BCUT2D eigenvalue weighted by Gasteiger charge is -2.19. The van der Waals surface area contributed by atoms with Crippen LogP contribution in [-0.4, -0.2) is 32.1 Å². The fourth-order valence-electron chi connectivity index (χ4n) is 3.77. The molecule has 2 aromatic rings. The summed E-state index contributed by atoms with van der Waals surface area (Å²) in [5.41, 5.74) is 4.37. The van der Waals surface area contributed by atoms with E-state index in [-0.39, 0.29) is 12.2 Å². The summed E-state index contributed by atoms with van der Waals surface area (Å²) in [7, 11) is 1.54. The maximum absolute atomic E-state index is 6.38. The second-order valence-corrected chi connectivity index (χ2v) is 7.91. The van der Waals surface area contributed by atoms with Gasteiger partial charge < -0.3 is 19.0 Å². The van der Waals surface area contributed by atoms with Gasteiger partial charge in [-0.05, 0) is 68.0 Å². The summed E-state index contributed by atoms with van der Waals surface area (Å²) in [5, 5.41) is 3.78. The van der Waals surface area contributed by atoms with Gasteiger partial charge in [-0.1, -0.05) is 41.6 Å². The van der Waals surface area contributed by atoms with E-state index in [0.717, 1.165) is 53.0 Å². The second-order valence-electron chi connectivity index (χ2n) is 7.91. The van der Waals surface area contributed by atoms with Crippen molar-refractivity contribution >= 4 is 6.21 Å². The first-order chi connectivity index (χ1) is 15.1. The van der Waals surface area contributed by atoms with E-state index in [9.17, 15) is 0 Å². The topological polar surface area (TPSA) is 49.3 Å². The second kappa shape index (κ2) is 11.6. The van der Waals surface area contributed by atoms with Crippen molar-refractivity contribution in [3.63, 3.8) is 0 Å². The maximum Gasteiger partial charge on any atom is 0.125 e. The number of oxime groups is 1. The van der Waals surface area contributed by atoms with Gasteiger partial charge in [0.1, 0.15) is 31.3 Å². The zero-order chi connectivity index (χ0) is 22.1. The van der Waals surface area contributed by atoms with Crippen molar-refractivity contribution < 1.29 is 19.0 Å². The Morgan fingerprint density at radius 3 is 2.42 bits per heavy atom.